The standard InChI is InChI=1S/C17H26N2O2/c1-2-18-12-14-8-10-16(11-9-14)21-13-17(20)19-15-6-4-3-5-7-15/h8-11,15,18H,2-7,12-13H2,1H3,(H,19,20). The Morgan fingerprint density at radius 2 is 1.90 bits per heavy atom. The largest absolute Gasteiger partial charge is 0.484 e. The molecule has 1 aromatic rings. The molecule has 4 nitrogen and oxygen atoms in total. The first-order valence-electron chi connectivity index (χ1n) is 7.99. The van der Waals surface area contributed by atoms with Gasteiger partial charge in [-0.05, 0) is 37.1 Å². The molecule has 1 aromatic carbocycles. The van der Waals surface area contributed by atoms with Crippen LogP contribution >= 0.6 is 0 Å². The lowest BCUT2D eigenvalue weighted by Crippen LogP contribution is -2.38. The van der Waals surface area contributed by atoms with E-state index in [-0.39, 0.29) is 12.5 Å². The van der Waals surface area contributed by atoms with Crippen molar-refractivity contribution >= 4 is 5.91 Å². The molecule has 1 saturated carbocycles. The molecule has 2 rings (SSSR count). The Balaban J connectivity index is 1.70. The number of ether oxygens (including phenoxy) is 1. The lowest BCUT2D eigenvalue weighted by atomic mass is 9.95. The van der Waals surface area contributed by atoms with Crippen molar-refractivity contribution in [3.63, 3.8) is 0 Å². The van der Waals surface area contributed by atoms with Crippen LogP contribution in [-0.4, -0.2) is 25.1 Å². The van der Waals surface area contributed by atoms with Crippen molar-refractivity contribution in [2.24, 2.45) is 0 Å². The van der Waals surface area contributed by atoms with Gasteiger partial charge in [0, 0.05) is 12.6 Å². The number of carbonyl (C=O) groups excluding carboxylic acids is 1. The zero-order chi connectivity index (χ0) is 14.9. The maximum atomic E-state index is 11.8. The van der Waals surface area contributed by atoms with Gasteiger partial charge in [-0.15, -0.1) is 0 Å². The van der Waals surface area contributed by atoms with Crippen LogP contribution in [0, 0.1) is 0 Å². The molecule has 0 spiro atoms. The minimum atomic E-state index is -0.0152. The minimum absolute atomic E-state index is 0.0152. The highest BCUT2D eigenvalue weighted by molar-refractivity contribution is 5.77. The smallest absolute Gasteiger partial charge is 0.258 e. The van der Waals surface area contributed by atoms with Gasteiger partial charge < -0.3 is 15.4 Å². The Morgan fingerprint density at radius 1 is 1.19 bits per heavy atom. The third kappa shape index (κ3) is 5.76. The van der Waals surface area contributed by atoms with Gasteiger partial charge in [0.05, 0.1) is 0 Å². The lowest BCUT2D eigenvalue weighted by Gasteiger charge is -2.22. The summed E-state index contributed by atoms with van der Waals surface area (Å²) in [5.74, 6) is 0.729. The summed E-state index contributed by atoms with van der Waals surface area (Å²) in [5.41, 5.74) is 1.22. The fraction of sp³-hybridized carbons (Fsp3) is 0.588. The Labute approximate surface area is 127 Å². The van der Waals surface area contributed by atoms with Crippen molar-refractivity contribution in [2.45, 2.75) is 51.6 Å². The maximum absolute atomic E-state index is 11.8. The van der Waals surface area contributed by atoms with Gasteiger partial charge in [0.1, 0.15) is 5.75 Å². The highest BCUT2D eigenvalue weighted by Crippen LogP contribution is 2.17. The van der Waals surface area contributed by atoms with Crippen LogP contribution in [0.3, 0.4) is 0 Å². The van der Waals surface area contributed by atoms with E-state index in [9.17, 15) is 4.79 Å². The highest BCUT2D eigenvalue weighted by Gasteiger charge is 2.15. The van der Waals surface area contributed by atoms with Gasteiger partial charge >= 0.3 is 0 Å². The van der Waals surface area contributed by atoms with Crippen molar-refractivity contribution in [3.8, 4) is 5.75 Å². The number of hydrogen-bond acceptors (Lipinski definition) is 3. The van der Waals surface area contributed by atoms with Gasteiger partial charge in [-0.3, -0.25) is 4.79 Å². The van der Waals surface area contributed by atoms with Gasteiger partial charge in [0.15, 0.2) is 6.61 Å². The second-order valence-corrected chi connectivity index (χ2v) is 5.62. The Hall–Kier alpha value is -1.55. The predicted octanol–water partition coefficient (Wildman–Crippen LogP) is 2.62. The van der Waals surface area contributed by atoms with E-state index < -0.39 is 0 Å². The quantitative estimate of drug-likeness (QED) is 0.811. The van der Waals surface area contributed by atoms with Crippen LogP contribution in [-0.2, 0) is 11.3 Å². The number of hydrogen-bond donors (Lipinski definition) is 2. The predicted molar refractivity (Wildman–Crippen MR) is 84.3 cm³/mol. The molecule has 1 aliphatic rings. The third-order valence-corrected chi connectivity index (χ3v) is 3.84. The van der Waals surface area contributed by atoms with E-state index >= 15 is 0 Å². The van der Waals surface area contributed by atoms with Crippen molar-refractivity contribution in [3.05, 3.63) is 29.8 Å². The van der Waals surface area contributed by atoms with Crippen molar-refractivity contribution < 1.29 is 9.53 Å². The summed E-state index contributed by atoms with van der Waals surface area (Å²) >= 11 is 0. The van der Waals surface area contributed by atoms with E-state index in [4.69, 9.17) is 4.74 Å². The molecule has 21 heavy (non-hydrogen) atoms. The normalized spacial score (nSPS) is 15.7. The first-order valence-corrected chi connectivity index (χ1v) is 7.99. The number of benzene rings is 1. The molecule has 0 unspecified atom stereocenters. The van der Waals surface area contributed by atoms with Crippen LogP contribution in [0.2, 0.25) is 0 Å². The third-order valence-electron chi connectivity index (χ3n) is 3.84. The molecule has 4 heteroatoms. The summed E-state index contributed by atoms with van der Waals surface area (Å²) in [6.07, 6.45) is 5.94. The highest BCUT2D eigenvalue weighted by atomic mass is 16.5. The van der Waals surface area contributed by atoms with E-state index in [1.807, 2.05) is 24.3 Å². The van der Waals surface area contributed by atoms with E-state index in [1.54, 1.807) is 0 Å². The van der Waals surface area contributed by atoms with Crippen LogP contribution in [0.5, 0.6) is 5.75 Å². The average Bonchev–Trinajstić information content (AvgIpc) is 2.53. The summed E-state index contributed by atoms with van der Waals surface area (Å²) in [5, 5.41) is 6.33. The Kier molecular flexibility index (Phi) is 6.54. The molecule has 1 amide bonds. The molecular weight excluding hydrogens is 264 g/mol. The van der Waals surface area contributed by atoms with E-state index in [0.29, 0.717) is 6.04 Å². The van der Waals surface area contributed by atoms with Gasteiger partial charge in [-0.2, -0.15) is 0 Å². The molecule has 0 aromatic heterocycles. The van der Waals surface area contributed by atoms with Gasteiger partial charge in [0.25, 0.3) is 5.91 Å². The molecule has 0 radical (unpaired) electrons. The summed E-state index contributed by atoms with van der Waals surface area (Å²) in [6, 6.07) is 8.23. The molecule has 0 saturated heterocycles. The minimum Gasteiger partial charge on any atom is -0.484 e. The second-order valence-electron chi connectivity index (χ2n) is 5.62. The number of nitrogens with one attached hydrogen (secondary N) is 2. The molecule has 0 bridgehead atoms. The van der Waals surface area contributed by atoms with Crippen LogP contribution < -0.4 is 15.4 Å². The van der Waals surface area contributed by atoms with Crippen molar-refractivity contribution in [1.29, 1.82) is 0 Å². The van der Waals surface area contributed by atoms with Crippen LogP contribution in [0.1, 0.15) is 44.6 Å². The van der Waals surface area contributed by atoms with Crippen molar-refractivity contribution in [1.82, 2.24) is 10.6 Å². The van der Waals surface area contributed by atoms with Crippen LogP contribution in [0.4, 0.5) is 0 Å². The number of rotatable bonds is 7. The lowest BCUT2D eigenvalue weighted by molar-refractivity contribution is -0.124. The van der Waals surface area contributed by atoms with Crippen LogP contribution in [0.25, 0.3) is 0 Å². The first-order chi connectivity index (χ1) is 10.3. The van der Waals surface area contributed by atoms with Crippen molar-refractivity contribution in [2.75, 3.05) is 13.2 Å². The number of carbonyl (C=O) groups is 1. The summed E-state index contributed by atoms with van der Waals surface area (Å²) < 4.78 is 5.54. The van der Waals surface area contributed by atoms with E-state index in [1.165, 1.54) is 24.8 Å². The zero-order valence-electron chi connectivity index (χ0n) is 12.9. The topological polar surface area (TPSA) is 50.4 Å². The average molecular weight is 290 g/mol. The molecule has 0 atom stereocenters. The number of amides is 1. The fourth-order valence-corrected chi connectivity index (χ4v) is 2.64. The van der Waals surface area contributed by atoms with Crippen LogP contribution in [0.15, 0.2) is 24.3 Å². The molecule has 116 valence electrons. The molecule has 0 heterocycles. The summed E-state index contributed by atoms with van der Waals surface area (Å²) in [6.45, 7) is 4.00. The summed E-state index contributed by atoms with van der Waals surface area (Å²) in [7, 11) is 0. The van der Waals surface area contributed by atoms with Gasteiger partial charge in [0.2, 0.25) is 0 Å². The molecular formula is C17H26N2O2. The van der Waals surface area contributed by atoms with E-state index in [2.05, 4.69) is 17.6 Å². The Bertz CT molecular complexity index is 425. The fourth-order valence-electron chi connectivity index (χ4n) is 2.64. The Morgan fingerprint density at radius 3 is 2.57 bits per heavy atom. The first kappa shape index (κ1) is 15.8. The summed E-state index contributed by atoms with van der Waals surface area (Å²) in [4.78, 5) is 11.8. The maximum Gasteiger partial charge on any atom is 0.258 e. The monoisotopic (exact) mass is 290 g/mol. The van der Waals surface area contributed by atoms with Gasteiger partial charge in [-0.25, -0.2) is 0 Å². The second kappa shape index (κ2) is 8.67. The molecule has 1 fully saturated rings. The SMILES string of the molecule is CCNCc1ccc(OCC(=O)NC2CCCCC2)cc1. The molecule has 2 N–H and O–H groups in total. The van der Waals surface area contributed by atoms with E-state index in [0.717, 1.165) is 31.7 Å². The molecule has 1 aliphatic carbocycles. The molecule has 0 aliphatic heterocycles. The van der Waals surface area contributed by atoms with Gasteiger partial charge in [-0.1, -0.05) is 38.3 Å². The zero-order valence-corrected chi connectivity index (χ0v) is 12.9.